The highest BCUT2D eigenvalue weighted by Crippen LogP contribution is 2.56. The average molecular weight is 376 g/mol. The Hall–Kier alpha value is -2.11. The van der Waals surface area contributed by atoms with E-state index in [1.54, 1.807) is 0 Å². The summed E-state index contributed by atoms with van der Waals surface area (Å²) < 4.78 is 14.2. The predicted octanol–water partition coefficient (Wildman–Crippen LogP) is 7.13. The van der Waals surface area contributed by atoms with Crippen molar-refractivity contribution in [1.82, 2.24) is 0 Å². The van der Waals surface area contributed by atoms with Gasteiger partial charge in [-0.3, -0.25) is 0 Å². The minimum absolute atomic E-state index is 0.114. The van der Waals surface area contributed by atoms with Crippen LogP contribution in [0.3, 0.4) is 0 Å². The molecule has 0 saturated heterocycles. The molecule has 2 heteroatoms. The molecule has 0 aromatic heterocycles. The third-order valence-corrected chi connectivity index (χ3v) is 9.65. The van der Waals surface area contributed by atoms with E-state index in [1.165, 1.54) is 22.3 Å². The molecule has 0 unspecified atom stereocenters. The Kier molecular flexibility index (Phi) is 5.72. The fourth-order valence-corrected chi connectivity index (χ4v) is 7.21. The van der Waals surface area contributed by atoms with Gasteiger partial charge in [-0.25, -0.2) is 0 Å². The maximum Gasteiger partial charge on any atom is 0.121 e. The Bertz CT molecular complexity index is 959. The molecule has 0 aliphatic heterocycles. The average Bonchev–Trinajstić information content (AvgIpc) is 2.67. The van der Waals surface area contributed by atoms with E-state index in [-0.39, 0.29) is 11.3 Å². The molecule has 3 aromatic rings. The Morgan fingerprint density at radius 2 is 1.22 bits per heavy atom. The zero-order valence-corrected chi connectivity index (χ0v) is 17.8. The van der Waals surface area contributed by atoms with Crippen LogP contribution >= 0.6 is 7.14 Å². The Morgan fingerprint density at radius 1 is 0.667 bits per heavy atom. The molecule has 0 heterocycles. The molecule has 0 saturated carbocycles. The van der Waals surface area contributed by atoms with Crippen LogP contribution < -0.4 is 5.30 Å². The number of benzene rings is 3. The lowest BCUT2D eigenvalue weighted by Gasteiger charge is -2.29. The minimum atomic E-state index is -2.55. The Morgan fingerprint density at radius 3 is 1.85 bits per heavy atom. The van der Waals surface area contributed by atoms with E-state index in [1.807, 2.05) is 12.1 Å². The fraction of sp³-hybridized carbons (Fsp3) is 0.280. The van der Waals surface area contributed by atoms with Crippen molar-refractivity contribution in [3.8, 4) is 22.3 Å². The molecule has 0 N–H and O–H groups in total. The maximum absolute atomic E-state index is 14.2. The molecule has 0 radical (unpaired) electrons. The van der Waals surface area contributed by atoms with Gasteiger partial charge in [-0.15, -0.1) is 0 Å². The van der Waals surface area contributed by atoms with Gasteiger partial charge in [0.25, 0.3) is 0 Å². The minimum Gasteiger partial charge on any atom is -0.318 e. The number of hydrogen-bond donors (Lipinski definition) is 0. The molecule has 0 atom stereocenters. The van der Waals surface area contributed by atoms with Crippen LogP contribution in [-0.4, -0.2) is 11.3 Å². The fourth-order valence-electron chi connectivity index (χ4n) is 4.03. The quantitative estimate of drug-likeness (QED) is 0.433. The molecule has 0 spiro atoms. The highest BCUT2D eigenvalue weighted by molar-refractivity contribution is 7.73. The van der Waals surface area contributed by atoms with Crippen molar-refractivity contribution in [3.05, 3.63) is 78.4 Å². The summed E-state index contributed by atoms with van der Waals surface area (Å²) in [6, 6.07) is 25.2. The van der Waals surface area contributed by atoms with Gasteiger partial charge in [0.15, 0.2) is 0 Å². The summed E-state index contributed by atoms with van der Waals surface area (Å²) in [4.78, 5) is 0. The van der Waals surface area contributed by atoms with Gasteiger partial charge in [0.1, 0.15) is 7.14 Å². The summed E-state index contributed by atoms with van der Waals surface area (Å²) in [5.74, 6) is 0. The second kappa shape index (κ2) is 7.87. The van der Waals surface area contributed by atoms with Gasteiger partial charge in [0.05, 0.1) is 0 Å². The molecule has 140 valence electrons. The van der Waals surface area contributed by atoms with Crippen LogP contribution in [0.5, 0.6) is 0 Å². The summed E-state index contributed by atoms with van der Waals surface area (Å²) in [5.41, 5.74) is 6.13. The van der Waals surface area contributed by atoms with E-state index in [2.05, 4.69) is 95.3 Å². The smallest absolute Gasteiger partial charge is 0.121 e. The zero-order valence-electron chi connectivity index (χ0n) is 16.9. The monoisotopic (exact) mass is 376 g/mol. The van der Waals surface area contributed by atoms with Gasteiger partial charge in [-0.05, 0) is 34.7 Å². The van der Waals surface area contributed by atoms with Crippen LogP contribution in [0.15, 0.2) is 72.8 Å². The Balaban J connectivity index is 2.34. The van der Waals surface area contributed by atoms with Gasteiger partial charge in [0.2, 0.25) is 0 Å². The first-order valence-corrected chi connectivity index (χ1v) is 11.6. The summed E-state index contributed by atoms with van der Waals surface area (Å²) in [6.07, 6.45) is 0. The molecule has 0 aliphatic carbocycles. The lowest BCUT2D eigenvalue weighted by atomic mass is 9.91. The molecule has 3 aromatic carbocycles. The van der Waals surface area contributed by atoms with E-state index >= 15 is 0 Å². The lowest BCUT2D eigenvalue weighted by Crippen LogP contribution is -2.21. The first-order chi connectivity index (χ1) is 12.9. The summed E-state index contributed by atoms with van der Waals surface area (Å²) >= 11 is 0. The third kappa shape index (κ3) is 3.54. The molecule has 0 bridgehead atoms. The molecule has 0 fully saturated rings. The van der Waals surface area contributed by atoms with Gasteiger partial charge in [0, 0.05) is 16.6 Å². The Labute approximate surface area is 163 Å². The normalized spacial score (nSPS) is 12.0. The van der Waals surface area contributed by atoms with E-state index in [0.717, 1.165) is 10.9 Å². The van der Waals surface area contributed by atoms with Crippen molar-refractivity contribution in [3.63, 3.8) is 0 Å². The first-order valence-electron chi connectivity index (χ1n) is 9.71. The molecule has 0 amide bonds. The van der Waals surface area contributed by atoms with Crippen LogP contribution in [0, 0.1) is 6.92 Å². The van der Waals surface area contributed by atoms with E-state index in [4.69, 9.17) is 0 Å². The first kappa shape index (κ1) is 19.6. The summed E-state index contributed by atoms with van der Waals surface area (Å²) in [6.45, 7) is 10.5. The van der Waals surface area contributed by atoms with Crippen molar-refractivity contribution in [1.29, 1.82) is 0 Å². The van der Waals surface area contributed by atoms with E-state index in [9.17, 15) is 4.57 Å². The predicted molar refractivity (Wildman–Crippen MR) is 120 cm³/mol. The lowest BCUT2D eigenvalue weighted by molar-refractivity contribution is 0.569. The molecular weight excluding hydrogens is 347 g/mol. The standard InChI is InChI=1S/C25H29OP/c1-18(2)27(26,19(3)4)24-17-10-9-15-23(24)25-20(5)12-11-16-22(25)21-13-7-6-8-14-21/h6-19H,1-5H3. The van der Waals surface area contributed by atoms with Crippen molar-refractivity contribution in [2.75, 3.05) is 0 Å². The SMILES string of the molecule is Cc1cccc(-c2ccccc2)c1-c1ccccc1P(=O)(C(C)C)C(C)C. The number of hydrogen-bond acceptors (Lipinski definition) is 1. The molecule has 27 heavy (non-hydrogen) atoms. The summed E-state index contributed by atoms with van der Waals surface area (Å²) in [5, 5.41) is 1.02. The molecule has 1 nitrogen and oxygen atoms in total. The van der Waals surface area contributed by atoms with Crippen LogP contribution in [0.1, 0.15) is 33.3 Å². The van der Waals surface area contributed by atoms with E-state index < -0.39 is 7.14 Å². The van der Waals surface area contributed by atoms with Gasteiger partial charge < -0.3 is 4.57 Å². The summed E-state index contributed by atoms with van der Waals surface area (Å²) in [7, 11) is -2.55. The van der Waals surface area contributed by atoms with Crippen LogP contribution in [0.25, 0.3) is 22.3 Å². The van der Waals surface area contributed by atoms with Crippen LogP contribution in [0.2, 0.25) is 0 Å². The van der Waals surface area contributed by atoms with Gasteiger partial charge >= 0.3 is 0 Å². The second-order valence-corrected chi connectivity index (χ2v) is 11.7. The second-order valence-electron chi connectivity index (χ2n) is 7.78. The largest absolute Gasteiger partial charge is 0.318 e. The van der Waals surface area contributed by atoms with Gasteiger partial charge in [-0.1, -0.05) is 100 Å². The topological polar surface area (TPSA) is 17.1 Å². The van der Waals surface area contributed by atoms with Crippen molar-refractivity contribution >= 4 is 12.4 Å². The van der Waals surface area contributed by atoms with E-state index in [0.29, 0.717) is 0 Å². The van der Waals surface area contributed by atoms with Crippen molar-refractivity contribution in [2.24, 2.45) is 0 Å². The number of aryl methyl sites for hydroxylation is 1. The highest BCUT2D eigenvalue weighted by Gasteiger charge is 2.35. The van der Waals surface area contributed by atoms with Crippen LogP contribution in [-0.2, 0) is 4.57 Å². The highest BCUT2D eigenvalue weighted by atomic mass is 31.2. The number of rotatable bonds is 5. The third-order valence-electron chi connectivity index (χ3n) is 5.44. The van der Waals surface area contributed by atoms with Crippen molar-refractivity contribution in [2.45, 2.75) is 45.9 Å². The maximum atomic E-state index is 14.2. The van der Waals surface area contributed by atoms with Crippen molar-refractivity contribution < 1.29 is 4.57 Å². The zero-order chi connectivity index (χ0) is 19.6. The van der Waals surface area contributed by atoms with Crippen LogP contribution in [0.4, 0.5) is 0 Å². The molecular formula is C25H29OP. The molecule has 3 rings (SSSR count). The molecule has 0 aliphatic rings. The van der Waals surface area contributed by atoms with Gasteiger partial charge in [-0.2, -0.15) is 0 Å².